The lowest BCUT2D eigenvalue weighted by molar-refractivity contribution is -0.122. The molecule has 0 aliphatic heterocycles. The minimum Gasteiger partial charge on any atom is -0.356 e. The maximum Gasteiger partial charge on any atom is 0.220 e. The first kappa shape index (κ1) is 13.8. The average molecular weight is 297 g/mol. The van der Waals surface area contributed by atoms with Crippen molar-refractivity contribution in [1.29, 1.82) is 0 Å². The van der Waals surface area contributed by atoms with Gasteiger partial charge in [0.2, 0.25) is 5.91 Å². The van der Waals surface area contributed by atoms with Crippen LogP contribution in [0.1, 0.15) is 37.8 Å². The van der Waals surface area contributed by atoms with Gasteiger partial charge in [0.1, 0.15) is 5.65 Å². The van der Waals surface area contributed by atoms with Crippen LogP contribution in [0.5, 0.6) is 0 Å². The minimum atomic E-state index is 0.223. The smallest absolute Gasteiger partial charge is 0.220 e. The highest BCUT2D eigenvalue weighted by molar-refractivity contribution is 5.76. The predicted octanol–water partition coefficient (Wildman–Crippen LogP) is 2.82. The van der Waals surface area contributed by atoms with E-state index in [1.807, 2.05) is 35.0 Å². The van der Waals surface area contributed by atoms with Crippen LogP contribution >= 0.6 is 0 Å². The Kier molecular flexibility index (Phi) is 3.60. The Hall–Kier alpha value is -1.84. The largest absolute Gasteiger partial charge is 0.356 e. The molecule has 2 saturated carbocycles. The lowest BCUT2D eigenvalue weighted by Crippen LogP contribution is -2.29. The molecule has 0 saturated heterocycles. The van der Waals surface area contributed by atoms with Crippen molar-refractivity contribution in [3.05, 3.63) is 36.3 Å². The zero-order valence-electron chi connectivity index (χ0n) is 12.9. The summed E-state index contributed by atoms with van der Waals surface area (Å²) in [4.78, 5) is 16.7. The maximum atomic E-state index is 12.1. The Morgan fingerprint density at radius 2 is 2.27 bits per heavy atom. The minimum absolute atomic E-state index is 0.223. The fourth-order valence-electron chi connectivity index (χ4n) is 4.37. The highest BCUT2D eigenvalue weighted by Crippen LogP contribution is 2.49. The molecule has 2 aliphatic rings. The molecule has 0 spiro atoms. The number of imidazole rings is 1. The first-order valence-electron chi connectivity index (χ1n) is 8.47. The summed E-state index contributed by atoms with van der Waals surface area (Å²) in [6, 6.07) is 5.98. The molecule has 3 atom stereocenters. The van der Waals surface area contributed by atoms with Gasteiger partial charge < -0.3 is 9.72 Å². The summed E-state index contributed by atoms with van der Waals surface area (Å²) in [5, 5.41) is 3.07. The number of carbonyl (C=O) groups excluding carboxylic acids is 1. The Morgan fingerprint density at radius 3 is 3.05 bits per heavy atom. The van der Waals surface area contributed by atoms with Gasteiger partial charge in [-0.1, -0.05) is 12.5 Å². The summed E-state index contributed by atoms with van der Waals surface area (Å²) < 4.78 is 2.02. The number of fused-ring (bicyclic) bond motifs is 3. The molecule has 2 aromatic rings. The molecule has 4 nitrogen and oxygen atoms in total. The van der Waals surface area contributed by atoms with Gasteiger partial charge in [0, 0.05) is 31.8 Å². The second kappa shape index (κ2) is 5.75. The number of amides is 1. The number of rotatable bonds is 5. The highest BCUT2D eigenvalue weighted by atomic mass is 16.1. The first-order chi connectivity index (χ1) is 10.8. The molecule has 22 heavy (non-hydrogen) atoms. The predicted molar refractivity (Wildman–Crippen MR) is 85.5 cm³/mol. The SMILES string of the molecule is O=C(C[C@@H]1C[C@H]2CC[C@H]1C2)NCCc1cn2ccccc2n1. The highest BCUT2D eigenvalue weighted by Gasteiger charge is 2.39. The normalized spacial score (nSPS) is 26.6. The third-order valence-electron chi connectivity index (χ3n) is 5.45. The molecule has 2 bridgehead atoms. The van der Waals surface area contributed by atoms with Gasteiger partial charge in [0.25, 0.3) is 0 Å². The standard InChI is InChI=1S/C18H23N3O/c22-18(11-15-10-13-4-5-14(15)9-13)19-7-6-16-12-21-8-2-1-3-17(21)20-16/h1-3,8,12-15H,4-7,9-11H2,(H,19,22)/t13-,14-,15-/m0/s1. The van der Waals surface area contributed by atoms with Gasteiger partial charge >= 0.3 is 0 Å². The van der Waals surface area contributed by atoms with Gasteiger partial charge in [-0.05, 0) is 49.1 Å². The molecule has 0 radical (unpaired) electrons. The summed E-state index contributed by atoms with van der Waals surface area (Å²) in [6.07, 6.45) is 11.0. The molecular formula is C18H23N3O. The summed E-state index contributed by atoms with van der Waals surface area (Å²) in [5.74, 6) is 2.62. The lowest BCUT2D eigenvalue weighted by Gasteiger charge is -2.20. The summed E-state index contributed by atoms with van der Waals surface area (Å²) in [7, 11) is 0. The third kappa shape index (κ3) is 2.74. The number of aromatic nitrogens is 2. The quantitative estimate of drug-likeness (QED) is 0.922. The van der Waals surface area contributed by atoms with Crippen LogP contribution < -0.4 is 5.32 Å². The van der Waals surface area contributed by atoms with E-state index in [0.717, 1.165) is 36.0 Å². The van der Waals surface area contributed by atoms with Crippen LogP contribution in [0.4, 0.5) is 0 Å². The molecule has 2 aliphatic carbocycles. The van der Waals surface area contributed by atoms with E-state index < -0.39 is 0 Å². The van der Waals surface area contributed by atoms with Crippen molar-refractivity contribution in [2.75, 3.05) is 6.54 Å². The number of nitrogens with one attached hydrogen (secondary N) is 1. The van der Waals surface area contributed by atoms with Crippen molar-refractivity contribution in [1.82, 2.24) is 14.7 Å². The molecule has 4 rings (SSSR count). The van der Waals surface area contributed by atoms with E-state index in [0.29, 0.717) is 12.5 Å². The molecule has 0 unspecified atom stereocenters. The monoisotopic (exact) mass is 297 g/mol. The lowest BCUT2D eigenvalue weighted by atomic mass is 9.86. The van der Waals surface area contributed by atoms with E-state index in [-0.39, 0.29) is 5.91 Å². The number of carbonyl (C=O) groups is 1. The van der Waals surface area contributed by atoms with E-state index in [9.17, 15) is 4.79 Å². The van der Waals surface area contributed by atoms with Crippen LogP contribution in [0, 0.1) is 17.8 Å². The summed E-state index contributed by atoms with van der Waals surface area (Å²) in [6.45, 7) is 0.684. The Bertz CT molecular complexity index is 645. The fraction of sp³-hybridized carbons (Fsp3) is 0.556. The van der Waals surface area contributed by atoms with Gasteiger partial charge in [-0.3, -0.25) is 4.79 Å². The number of hydrogen-bond acceptors (Lipinski definition) is 2. The maximum absolute atomic E-state index is 12.1. The fourth-order valence-corrected chi connectivity index (χ4v) is 4.37. The zero-order chi connectivity index (χ0) is 14.9. The molecule has 2 aromatic heterocycles. The van der Waals surface area contributed by atoms with E-state index in [2.05, 4.69) is 10.3 Å². The van der Waals surface area contributed by atoms with E-state index >= 15 is 0 Å². The summed E-state index contributed by atoms with van der Waals surface area (Å²) in [5.41, 5.74) is 2.00. The molecular weight excluding hydrogens is 274 g/mol. The van der Waals surface area contributed by atoms with Gasteiger partial charge in [0.15, 0.2) is 0 Å². The van der Waals surface area contributed by atoms with Crippen LogP contribution in [-0.2, 0) is 11.2 Å². The van der Waals surface area contributed by atoms with Crippen molar-refractivity contribution in [3.63, 3.8) is 0 Å². The number of hydrogen-bond donors (Lipinski definition) is 1. The van der Waals surface area contributed by atoms with Gasteiger partial charge in [-0.2, -0.15) is 0 Å². The third-order valence-corrected chi connectivity index (χ3v) is 5.45. The van der Waals surface area contributed by atoms with Crippen LogP contribution in [-0.4, -0.2) is 21.8 Å². The van der Waals surface area contributed by atoms with Crippen LogP contribution in [0.3, 0.4) is 0 Å². The Balaban J connectivity index is 1.25. The van der Waals surface area contributed by atoms with Crippen molar-refractivity contribution in [3.8, 4) is 0 Å². The van der Waals surface area contributed by atoms with Gasteiger partial charge in [0.05, 0.1) is 5.69 Å². The first-order valence-corrected chi connectivity index (χ1v) is 8.47. The van der Waals surface area contributed by atoms with Gasteiger partial charge in [-0.25, -0.2) is 4.98 Å². The molecule has 2 heterocycles. The second-order valence-electron chi connectivity index (χ2n) is 6.94. The molecule has 1 amide bonds. The van der Waals surface area contributed by atoms with Crippen molar-refractivity contribution in [2.45, 2.75) is 38.5 Å². The molecule has 1 N–H and O–H groups in total. The van der Waals surface area contributed by atoms with E-state index in [1.54, 1.807) is 0 Å². The van der Waals surface area contributed by atoms with Crippen LogP contribution in [0.2, 0.25) is 0 Å². The average Bonchev–Trinajstić information content (AvgIpc) is 3.21. The molecule has 116 valence electrons. The van der Waals surface area contributed by atoms with Crippen LogP contribution in [0.15, 0.2) is 30.6 Å². The van der Waals surface area contributed by atoms with Crippen molar-refractivity contribution < 1.29 is 4.79 Å². The summed E-state index contributed by atoms with van der Waals surface area (Å²) >= 11 is 0. The number of pyridine rings is 1. The topological polar surface area (TPSA) is 46.4 Å². The van der Waals surface area contributed by atoms with E-state index in [1.165, 1.54) is 25.7 Å². The zero-order valence-corrected chi connectivity index (χ0v) is 12.9. The van der Waals surface area contributed by atoms with Gasteiger partial charge in [-0.15, -0.1) is 0 Å². The molecule has 0 aromatic carbocycles. The van der Waals surface area contributed by atoms with Crippen molar-refractivity contribution >= 4 is 11.6 Å². The van der Waals surface area contributed by atoms with Crippen molar-refractivity contribution in [2.24, 2.45) is 17.8 Å². The number of nitrogens with zero attached hydrogens (tertiary/aromatic N) is 2. The van der Waals surface area contributed by atoms with Crippen LogP contribution in [0.25, 0.3) is 5.65 Å². The second-order valence-corrected chi connectivity index (χ2v) is 6.94. The Labute approximate surface area is 130 Å². The van der Waals surface area contributed by atoms with E-state index in [4.69, 9.17) is 0 Å². The molecule has 2 fully saturated rings. The Morgan fingerprint density at radius 1 is 1.32 bits per heavy atom. The molecule has 4 heteroatoms.